The van der Waals surface area contributed by atoms with Gasteiger partial charge >= 0.3 is 75.8 Å². The van der Waals surface area contributed by atoms with Crippen LogP contribution in [0.15, 0.2) is 39.5 Å². The Morgan fingerprint density at radius 1 is 1.31 bits per heavy atom. The number of benzene rings is 1. The first-order chi connectivity index (χ1) is 6.31. The molecule has 1 heterocycles. The second-order valence-corrected chi connectivity index (χ2v) is 2.69. The van der Waals surface area contributed by atoms with Crippen molar-refractivity contribution >= 4 is 30.6 Å². The molecular weight excluding hydrogens is 162 g/mol. The zero-order valence-electron chi connectivity index (χ0n) is 6.86. The summed E-state index contributed by atoms with van der Waals surface area (Å²) in [6, 6.07) is 9.02. The van der Waals surface area contributed by atoms with E-state index in [1.807, 2.05) is 18.2 Å². The molecule has 0 fully saturated rings. The van der Waals surface area contributed by atoms with Crippen molar-refractivity contribution in [1.29, 1.82) is 0 Å². The van der Waals surface area contributed by atoms with Crippen molar-refractivity contribution in [3.63, 3.8) is 0 Å². The van der Waals surface area contributed by atoms with E-state index in [9.17, 15) is 4.79 Å². The van der Waals surface area contributed by atoms with Gasteiger partial charge in [0, 0.05) is 0 Å². The Bertz CT molecular complexity index is 516. The van der Waals surface area contributed by atoms with Crippen LogP contribution in [0.5, 0.6) is 0 Å². The maximum absolute atomic E-state index is 11.2. The molecule has 1 aromatic carbocycles. The predicted molar refractivity (Wildman–Crippen MR) is 53.6 cm³/mol. The van der Waals surface area contributed by atoms with Crippen molar-refractivity contribution < 1.29 is 4.42 Å². The molecule has 0 spiro atoms. The molecule has 2 aromatic rings. The quantitative estimate of drug-likeness (QED) is 0.448. The Labute approximate surface area is 76.5 Å². The Hall–Kier alpha value is -1.44. The maximum atomic E-state index is 11.2. The number of rotatable bonds is 1. The fourth-order valence-electron chi connectivity index (χ4n) is 1.19. The number of hydrogen-bond donors (Lipinski definition) is 0. The fourth-order valence-corrected chi connectivity index (χ4v) is 1.19. The molecule has 2 nitrogen and oxygen atoms in total. The second kappa shape index (κ2) is 3.13. The first-order valence-electron chi connectivity index (χ1n) is 3.89. The molecule has 59 valence electrons. The Balaban J connectivity index is 2.89. The van der Waals surface area contributed by atoms with Crippen molar-refractivity contribution in [3.8, 4) is 0 Å². The van der Waals surface area contributed by atoms with Crippen LogP contribution in [-0.2, 0) is 0 Å². The molecular formula is C9H5B2O2. The van der Waals surface area contributed by atoms with E-state index in [4.69, 9.17) is 11.8 Å². The second-order valence-electron chi connectivity index (χ2n) is 2.69. The van der Waals surface area contributed by atoms with Crippen LogP contribution in [0.1, 0.15) is 0 Å². The van der Waals surface area contributed by atoms with E-state index < -0.39 is 5.63 Å². The fraction of sp³-hybridized carbons (Fsp3) is 0. The molecule has 0 aliphatic rings. The van der Waals surface area contributed by atoms with Gasteiger partial charge in [0.15, 0.2) is 0 Å². The third-order valence-corrected chi connectivity index (χ3v) is 1.85. The van der Waals surface area contributed by atoms with E-state index in [0.29, 0.717) is 11.0 Å². The molecule has 4 heteroatoms. The molecule has 0 saturated heterocycles. The molecule has 0 amide bonds. The third kappa shape index (κ3) is 1.39. The summed E-state index contributed by atoms with van der Waals surface area (Å²) in [7, 11) is 5.26. The van der Waals surface area contributed by atoms with Crippen LogP contribution in [0, 0.1) is 0 Å². The summed E-state index contributed by atoms with van der Waals surface area (Å²) in [5.74, 6) is 0. The molecule has 0 N–H and O–H groups in total. The molecule has 0 unspecified atom stereocenters. The summed E-state index contributed by atoms with van der Waals surface area (Å²) in [6.07, 6.45) is 0. The number of hydrogen-bond acceptors (Lipinski definition) is 2. The minimum absolute atomic E-state index is 0.388. The summed E-state index contributed by atoms with van der Waals surface area (Å²) in [4.78, 5) is 11.2. The Kier molecular flexibility index (Phi) is 1.97. The predicted octanol–water partition coefficient (Wildman–Crippen LogP) is 0.206. The van der Waals surface area contributed by atoms with Crippen LogP contribution < -0.4 is 11.1 Å². The van der Waals surface area contributed by atoms with E-state index in [1.165, 1.54) is 6.80 Å². The average Bonchev–Trinajstić information content (AvgIpc) is 2.17. The molecule has 0 saturated carbocycles. The SMILES string of the molecule is [B]=Bc1cc2ccccc2oc1=O. The van der Waals surface area contributed by atoms with Gasteiger partial charge in [-0.05, 0) is 0 Å². The van der Waals surface area contributed by atoms with E-state index in [2.05, 4.69) is 0 Å². The normalized spacial score (nSPS) is 9.77. The van der Waals surface area contributed by atoms with Crippen LogP contribution >= 0.6 is 0 Å². The van der Waals surface area contributed by atoms with Gasteiger partial charge in [-0.2, -0.15) is 0 Å². The number of para-hydroxylation sites is 1. The minimum atomic E-state index is -0.402. The van der Waals surface area contributed by atoms with E-state index in [0.717, 1.165) is 5.39 Å². The number of fused-ring (bicyclic) bond motifs is 1. The first-order valence-corrected chi connectivity index (χ1v) is 3.89. The van der Waals surface area contributed by atoms with Gasteiger partial charge in [0.2, 0.25) is 0 Å². The molecule has 0 bridgehead atoms. The van der Waals surface area contributed by atoms with Crippen molar-refractivity contribution in [1.82, 2.24) is 0 Å². The summed E-state index contributed by atoms with van der Waals surface area (Å²) >= 11 is 0. The Morgan fingerprint density at radius 2 is 2.08 bits per heavy atom. The zero-order valence-corrected chi connectivity index (χ0v) is 6.86. The summed E-state index contributed by atoms with van der Waals surface area (Å²) in [6.45, 7) is 1.25. The standard InChI is InChI=1S/C9H5B2O2/c10-11-7-5-6-3-1-2-4-8(6)13-9(7)12/h1-5H. The topological polar surface area (TPSA) is 30.2 Å². The van der Waals surface area contributed by atoms with Crippen molar-refractivity contribution in [2.75, 3.05) is 0 Å². The average molecular weight is 167 g/mol. The van der Waals surface area contributed by atoms with E-state index in [-0.39, 0.29) is 0 Å². The molecule has 1 aromatic heterocycles. The van der Waals surface area contributed by atoms with Crippen molar-refractivity contribution in [2.24, 2.45) is 0 Å². The zero-order chi connectivity index (χ0) is 9.26. The molecule has 0 atom stereocenters. The molecule has 1 radical (unpaired) electrons. The van der Waals surface area contributed by atoms with Crippen molar-refractivity contribution in [2.45, 2.75) is 0 Å². The van der Waals surface area contributed by atoms with Gasteiger partial charge in [0.25, 0.3) is 0 Å². The first kappa shape index (κ1) is 8.17. The van der Waals surface area contributed by atoms with E-state index >= 15 is 0 Å². The molecule has 13 heavy (non-hydrogen) atoms. The third-order valence-electron chi connectivity index (χ3n) is 1.85. The van der Waals surface area contributed by atoms with Gasteiger partial charge in [0.05, 0.1) is 0 Å². The van der Waals surface area contributed by atoms with E-state index in [1.54, 1.807) is 12.1 Å². The monoisotopic (exact) mass is 167 g/mol. The van der Waals surface area contributed by atoms with Gasteiger partial charge in [-0.15, -0.1) is 0 Å². The van der Waals surface area contributed by atoms with Crippen LogP contribution in [0.3, 0.4) is 0 Å². The summed E-state index contributed by atoms with van der Waals surface area (Å²) < 4.78 is 5.02. The molecule has 2 rings (SSSR count). The van der Waals surface area contributed by atoms with Gasteiger partial charge in [-0.25, -0.2) is 0 Å². The molecule has 0 aliphatic carbocycles. The van der Waals surface area contributed by atoms with Crippen LogP contribution in [0.25, 0.3) is 11.0 Å². The van der Waals surface area contributed by atoms with Gasteiger partial charge in [0.1, 0.15) is 0 Å². The summed E-state index contributed by atoms with van der Waals surface area (Å²) in [5, 5.41) is 0.874. The van der Waals surface area contributed by atoms with Gasteiger partial charge < -0.3 is 0 Å². The van der Waals surface area contributed by atoms with Crippen LogP contribution in [0.4, 0.5) is 0 Å². The van der Waals surface area contributed by atoms with Gasteiger partial charge in [-0.3, -0.25) is 0 Å². The molecule has 0 aliphatic heterocycles. The van der Waals surface area contributed by atoms with Crippen molar-refractivity contribution in [3.05, 3.63) is 40.8 Å². The Morgan fingerprint density at radius 3 is 2.85 bits per heavy atom. The summed E-state index contributed by atoms with van der Waals surface area (Å²) in [5.41, 5.74) is 0.568. The van der Waals surface area contributed by atoms with Crippen LogP contribution in [0.2, 0.25) is 0 Å². The van der Waals surface area contributed by atoms with Crippen LogP contribution in [-0.4, -0.2) is 14.2 Å². The van der Waals surface area contributed by atoms with Gasteiger partial charge in [-0.1, -0.05) is 0 Å².